The average molecular weight is 244 g/mol. The summed E-state index contributed by atoms with van der Waals surface area (Å²) in [6.07, 6.45) is 6.46. The SMILES string of the molecule is CC1CCCC(C)N1/N=C/c1ccc(C=O)cc1. The van der Waals surface area contributed by atoms with E-state index in [0.717, 1.165) is 11.8 Å². The number of piperidine rings is 1. The lowest BCUT2D eigenvalue weighted by atomic mass is 10.00. The quantitative estimate of drug-likeness (QED) is 0.604. The summed E-state index contributed by atoms with van der Waals surface area (Å²) in [5, 5.41) is 6.78. The molecular formula is C15H20N2O. The molecule has 18 heavy (non-hydrogen) atoms. The summed E-state index contributed by atoms with van der Waals surface area (Å²) < 4.78 is 0. The first kappa shape index (κ1) is 12.8. The predicted octanol–water partition coefficient (Wildman–Crippen LogP) is 3.10. The smallest absolute Gasteiger partial charge is 0.150 e. The molecule has 0 aliphatic carbocycles. The summed E-state index contributed by atoms with van der Waals surface area (Å²) >= 11 is 0. The van der Waals surface area contributed by atoms with Crippen molar-refractivity contribution < 1.29 is 4.79 Å². The summed E-state index contributed by atoms with van der Waals surface area (Å²) in [6, 6.07) is 8.51. The third kappa shape index (κ3) is 2.97. The van der Waals surface area contributed by atoms with E-state index < -0.39 is 0 Å². The Morgan fingerprint density at radius 1 is 1.11 bits per heavy atom. The van der Waals surface area contributed by atoms with Crippen molar-refractivity contribution in [1.29, 1.82) is 0 Å². The van der Waals surface area contributed by atoms with Crippen LogP contribution in [-0.4, -0.2) is 29.6 Å². The molecule has 2 rings (SSSR count). The van der Waals surface area contributed by atoms with Crippen LogP contribution in [0.5, 0.6) is 0 Å². The van der Waals surface area contributed by atoms with E-state index in [0.29, 0.717) is 17.6 Å². The van der Waals surface area contributed by atoms with Crippen LogP contribution in [0.25, 0.3) is 0 Å². The largest absolute Gasteiger partial charge is 0.298 e. The number of carbonyl (C=O) groups is 1. The molecule has 0 radical (unpaired) electrons. The first-order chi connectivity index (χ1) is 8.70. The first-order valence-electron chi connectivity index (χ1n) is 6.58. The lowest BCUT2D eigenvalue weighted by Gasteiger charge is -2.36. The molecule has 1 aliphatic heterocycles. The van der Waals surface area contributed by atoms with Crippen molar-refractivity contribution in [2.75, 3.05) is 0 Å². The Morgan fingerprint density at radius 2 is 1.67 bits per heavy atom. The molecule has 96 valence electrons. The highest BCUT2D eigenvalue weighted by Crippen LogP contribution is 2.22. The molecule has 0 N–H and O–H groups in total. The summed E-state index contributed by atoms with van der Waals surface area (Å²) in [4.78, 5) is 10.6. The maximum atomic E-state index is 10.6. The summed E-state index contributed by atoms with van der Waals surface area (Å²) in [7, 11) is 0. The number of hydrogen-bond acceptors (Lipinski definition) is 3. The number of benzene rings is 1. The van der Waals surface area contributed by atoms with Crippen LogP contribution in [0.4, 0.5) is 0 Å². The van der Waals surface area contributed by atoms with E-state index in [2.05, 4.69) is 24.0 Å². The van der Waals surface area contributed by atoms with Crippen molar-refractivity contribution in [2.45, 2.75) is 45.2 Å². The predicted molar refractivity (Wildman–Crippen MR) is 74.0 cm³/mol. The van der Waals surface area contributed by atoms with Crippen LogP contribution in [0.2, 0.25) is 0 Å². The average Bonchev–Trinajstić information content (AvgIpc) is 2.39. The Balaban J connectivity index is 2.06. The van der Waals surface area contributed by atoms with E-state index in [4.69, 9.17) is 0 Å². The highest BCUT2D eigenvalue weighted by Gasteiger charge is 2.22. The van der Waals surface area contributed by atoms with Crippen molar-refractivity contribution in [3.8, 4) is 0 Å². The molecule has 1 fully saturated rings. The fourth-order valence-corrected chi connectivity index (χ4v) is 2.43. The normalized spacial score (nSPS) is 24.4. The summed E-state index contributed by atoms with van der Waals surface area (Å²) in [6.45, 7) is 4.45. The molecule has 1 aromatic carbocycles. The Morgan fingerprint density at radius 3 is 2.22 bits per heavy atom. The van der Waals surface area contributed by atoms with E-state index in [1.807, 2.05) is 30.5 Å². The van der Waals surface area contributed by atoms with Gasteiger partial charge in [-0.1, -0.05) is 24.3 Å². The van der Waals surface area contributed by atoms with Crippen LogP contribution in [-0.2, 0) is 0 Å². The Hall–Kier alpha value is -1.64. The van der Waals surface area contributed by atoms with Crippen LogP contribution in [0, 0.1) is 0 Å². The standard InChI is InChI=1S/C15H20N2O/c1-12-4-3-5-13(2)17(12)16-10-14-6-8-15(11-18)9-7-14/h6-13H,3-5H2,1-2H3/b16-10+. The zero-order chi connectivity index (χ0) is 13.0. The van der Waals surface area contributed by atoms with E-state index in [-0.39, 0.29) is 0 Å². The van der Waals surface area contributed by atoms with Gasteiger partial charge in [0.25, 0.3) is 0 Å². The third-order valence-corrected chi connectivity index (χ3v) is 3.56. The molecule has 0 amide bonds. The van der Waals surface area contributed by atoms with E-state index in [1.54, 1.807) is 0 Å². The van der Waals surface area contributed by atoms with Crippen molar-refractivity contribution >= 4 is 12.5 Å². The van der Waals surface area contributed by atoms with Gasteiger partial charge in [-0.2, -0.15) is 5.10 Å². The van der Waals surface area contributed by atoms with Gasteiger partial charge >= 0.3 is 0 Å². The zero-order valence-corrected chi connectivity index (χ0v) is 11.0. The van der Waals surface area contributed by atoms with Crippen molar-refractivity contribution in [3.05, 3.63) is 35.4 Å². The van der Waals surface area contributed by atoms with Crippen LogP contribution in [0.1, 0.15) is 49.0 Å². The first-order valence-corrected chi connectivity index (χ1v) is 6.58. The molecule has 2 unspecified atom stereocenters. The topological polar surface area (TPSA) is 32.7 Å². The number of carbonyl (C=O) groups excluding carboxylic acids is 1. The molecule has 1 saturated heterocycles. The van der Waals surface area contributed by atoms with Gasteiger partial charge in [0.1, 0.15) is 6.29 Å². The zero-order valence-electron chi connectivity index (χ0n) is 11.0. The third-order valence-electron chi connectivity index (χ3n) is 3.56. The lowest BCUT2D eigenvalue weighted by molar-refractivity contribution is 0.109. The number of nitrogens with zero attached hydrogens (tertiary/aromatic N) is 2. The second-order valence-electron chi connectivity index (χ2n) is 5.04. The number of aldehydes is 1. The lowest BCUT2D eigenvalue weighted by Crippen LogP contribution is -2.39. The Bertz CT molecular complexity index is 415. The van der Waals surface area contributed by atoms with E-state index in [1.165, 1.54) is 19.3 Å². The molecular weight excluding hydrogens is 224 g/mol. The van der Waals surface area contributed by atoms with Crippen molar-refractivity contribution in [3.63, 3.8) is 0 Å². The van der Waals surface area contributed by atoms with Gasteiger partial charge in [0.05, 0.1) is 6.21 Å². The molecule has 0 spiro atoms. The molecule has 2 atom stereocenters. The number of hydrazone groups is 1. The molecule has 3 heteroatoms. The summed E-state index contributed by atoms with van der Waals surface area (Å²) in [5.74, 6) is 0. The number of hydrogen-bond donors (Lipinski definition) is 0. The van der Waals surface area contributed by atoms with Crippen LogP contribution in [0.15, 0.2) is 29.4 Å². The second kappa shape index (κ2) is 5.80. The molecule has 3 nitrogen and oxygen atoms in total. The van der Waals surface area contributed by atoms with Gasteiger partial charge in [-0.15, -0.1) is 0 Å². The molecule has 0 bridgehead atoms. The molecule has 0 aromatic heterocycles. The molecule has 0 saturated carbocycles. The van der Waals surface area contributed by atoms with Gasteiger partial charge in [-0.05, 0) is 38.7 Å². The summed E-state index contributed by atoms with van der Waals surface area (Å²) in [5.41, 5.74) is 1.73. The minimum Gasteiger partial charge on any atom is -0.298 e. The molecule has 1 heterocycles. The van der Waals surface area contributed by atoms with Gasteiger partial charge < -0.3 is 0 Å². The van der Waals surface area contributed by atoms with Gasteiger partial charge in [-0.3, -0.25) is 9.80 Å². The minimum absolute atomic E-state index is 0.513. The van der Waals surface area contributed by atoms with Crippen LogP contribution < -0.4 is 0 Å². The Labute approximate surface area is 108 Å². The molecule has 1 aliphatic rings. The van der Waals surface area contributed by atoms with Gasteiger partial charge in [-0.25, -0.2) is 0 Å². The number of rotatable bonds is 3. The van der Waals surface area contributed by atoms with Crippen LogP contribution in [0.3, 0.4) is 0 Å². The maximum Gasteiger partial charge on any atom is 0.150 e. The second-order valence-corrected chi connectivity index (χ2v) is 5.04. The Kier molecular flexibility index (Phi) is 4.13. The highest BCUT2D eigenvalue weighted by molar-refractivity contribution is 5.82. The van der Waals surface area contributed by atoms with Crippen molar-refractivity contribution in [2.24, 2.45) is 5.10 Å². The van der Waals surface area contributed by atoms with Crippen LogP contribution >= 0.6 is 0 Å². The maximum absolute atomic E-state index is 10.6. The fraction of sp³-hybridized carbons (Fsp3) is 0.467. The van der Waals surface area contributed by atoms with Gasteiger partial charge in [0, 0.05) is 17.6 Å². The van der Waals surface area contributed by atoms with Gasteiger partial charge in [0.2, 0.25) is 0 Å². The minimum atomic E-state index is 0.513. The van der Waals surface area contributed by atoms with E-state index >= 15 is 0 Å². The van der Waals surface area contributed by atoms with Gasteiger partial charge in [0.15, 0.2) is 0 Å². The monoisotopic (exact) mass is 244 g/mol. The highest BCUT2D eigenvalue weighted by atomic mass is 16.1. The van der Waals surface area contributed by atoms with E-state index in [9.17, 15) is 4.79 Å². The van der Waals surface area contributed by atoms with Crippen molar-refractivity contribution in [1.82, 2.24) is 5.01 Å². The molecule has 1 aromatic rings. The fourth-order valence-electron chi connectivity index (χ4n) is 2.43.